The number of nitrogens with one attached hydrogen (secondary N) is 1. The van der Waals surface area contributed by atoms with Gasteiger partial charge in [-0.25, -0.2) is 0 Å². The summed E-state index contributed by atoms with van der Waals surface area (Å²) < 4.78 is 0. The Morgan fingerprint density at radius 2 is 2.23 bits per heavy atom. The zero-order valence-electron chi connectivity index (χ0n) is 8.84. The number of terminal acetylenes is 1. The second-order valence-corrected chi connectivity index (χ2v) is 3.44. The summed E-state index contributed by atoms with van der Waals surface area (Å²) in [4.78, 5) is 0. The van der Waals surface area contributed by atoms with Crippen molar-refractivity contribution in [1.82, 2.24) is 5.32 Å². The van der Waals surface area contributed by atoms with Gasteiger partial charge >= 0.3 is 0 Å². The summed E-state index contributed by atoms with van der Waals surface area (Å²) in [5.74, 6) is 2.77. The Kier molecular flexibility index (Phi) is 7.44. The van der Waals surface area contributed by atoms with Crippen molar-refractivity contribution in [2.45, 2.75) is 51.6 Å². The van der Waals surface area contributed by atoms with Crippen molar-refractivity contribution in [3.05, 3.63) is 12.7 Å². The van der Waals surface area contributed by atoms with E-state index in [-0.39, 0.29) is 6.04 Å². The molecule has 0 bridgehead atoms. The normalized spacial score (nSPS) is 14.5. The molecule has 0 spiro atoms. The Bertz CT molecular complexity index is 166. The molecule has 0 amide bonds. The highest BCUT2D eigenvalue weighted by Gasteiger charge is 2.06. The van der Waals surface area contributed by atoms with Gasteiger partial charge in [0.1, 0.15) is 0 Å². The lowest BCUT2D eigenvalue weighted by atomic mass is 10.1. The van der Waals surface area contributed by atoms with Gasteiger partial charge in [-0.3, -0.25) is 0 Å². The molecule has 0 aromatic carbocycles. The van der Waals surface area contributed by atoms with Crippen LogP contribution in [0.4, 0.5) is 0 Å². The summed E-state index contributed by atoms with van der Waals surface area (Å²) in [5.41, 5.74) is 0. The molecule has 0 aliphatic rings. The molecule has 0 saturated carbocycles. The Labute approximate surface area is 82.6 Å². The minimum Gasteiger partial charge on any atom is -0.301 e. The smallest absolute Gasteiger partial charge is 0.0688 e. The number of hydrogen-bond acceptors (Lipinski definition) is 1. The fourth-order valence-electron chi connectivity index (χ4n) is 1.30. The van der Waals surface area contributed by atoms with Crippen molar-refractivity contribution in [3.63, 3.8) is 0 Å². The summed E-state index contributed by atoms with van der Waals surface area (Å²) in [6.45, 7) is 8.02. The second kappa shape index (κ2) is 7.89. The van der Waals surface area contributed by atoms with E-state index in [0.717, 1.165) is 25.7 Å². The molecule has 0 heterocycles. The highest BCUT2D eigenvalue weighted by Crippen LogP contribution is 2.01. The topological polar surface area (TPSA) is 12.0 Å². The molecule has 74 valence electrons. The zero-order valence-corrected chi connectivity index (χ0v) is 8.84. The van der Waals surface area contributed by atoms with Crippen molar-refractivity contribution in [1.29, 1.82) is 0 Å². The molecule has 0 aromatic heterocycles. The van der Waals surface area contributed by atoms with Crippen LogP contribution in [-0.2, 0) is 0 Å². The van der Waals surface area contributed by atoms with Crippen molar-refractivity contribution in [2.24, 2.45) is 0 Å². The Hall–Kier alpha value is -0.740. The standard InChI is InChI=1S/C12H21N/c1-5-8-10-11(4)13-12(7-3)9-6-2/h3,5,11-13H,1,6,8-10H2,2,4H3. The molecule has 0 aromatic rings. The molecule has 1 N–H and O–H groups in total. The summed E-state index contributed by atoms with van der Waals surface area (Å²) in [6.07, 6.45) is 11.7. The number of allylic oxidation sites excluding steroid dienone is 1. The van der Waals surface area contributed by atoms with Crippen LogP contribution in [0.1, 0.15) is 39.5 Å². The van der Waals surface area contributed by atoms with E-state index in [1.54, 1.807) is 0 Å². The molecule has 2 unspecified atom stereocenters. The van der Waals surface area contributed by atoms with Crippen LogP contribution in [0.3, 0.4) is 0 Å². The van der Waals surface area contributed by atoms with Gasteiger partial charge in [0.05, 0.1) is 6.04 Å². The van der Waals surface area contributed by atoms with Crippen molar-refractivity contribution >= 4 is 0 Å². The Morgan fingerprint density at radius 3 is 2.69 bits per heavy atom. The van der Waals surface area contributed by atoms with Gasteiger partial charge in [-0.1, -0.05) is 25.3 Å². The molecule has 0 rings (SSSR count). The van der Waals surface area contributed by atoms with Gasteiger partial charge in [-0.2, -0.15) is 0 Å². The highest BCUT2D eigenvalue weighted by atomic mass is 14.9. The molecular weight excluding hydrogens is 158 g/mol. The average Bonchev–Trinajstić information content (AvgIpc) is 2.14. The predicted molar refractivity (Wildman–Crippen MR) is 59.6 cm³/mol. The van der Waals surface area contributed by atoms with Gasteiger partial charge in [-0.05, 0) is 26.2 Å². The van der Waals surface area contributed by atoms with Gasteiger partial charge in [0.15, 0.2) is 0 Å². The zero-order chi connectivity index (χ0) is 10.1. The van der Waals surface area contributed by atoms with Crippen LogP contribution >= 0.6 is 0 Å². The summed E-state index contributed by atoms with van der Waals surface area (Å²) in [7, 11) is 0. The van der Waals surface area contributed by atoms with E-state index in [0.29, 0.717) is 6.04 Å². The lowest BCUT2D eigenvalue weighted by molar-refractivity contribution is 0.462. The lowest BCUT2D eigenvalue weighted by Crippen LogP contribution is -2.35. The number of rotatable bonds is 7. The van der Waals surface area contributed by atoms with Crippen LogP contribution in [0.5, 0.6) is 0 Å². The van der Waals surface area contributed by atoms with Gasteiger partial charge in [0.2, 0.25) is 0 Å². The first-order chi connectivity index (χ1) is 6.24. The number of hydrogen-bond donors (Lipinski definition) is 1. The van der Waals surface area contributed by atoms with Crippen molar-refractivity contribution in [3.8, 4) is 12.3 Å². The third-order valence-corrected chi connectivity index (χ3v) is 2.07. The van der Waals surface area contributed by atoms with Crippen molar-refractivity contribution in [2.75, 3.05) is 0 Å². The molecule has 13 heavy (non-hydrogen) atoms. The predicted octanol–water partition coefficient (Wildman–Crippen LogP) is 2.73. The molecule has 0 aliphatic heterocycles. The summed E-state index contributed by atoms with van der Waals surface area (Å²) in [6, 6.07) is 0.732. The fraction of sp³-hybridized carbons (Fsp3) is 0.667. The lowest BCUT2D eigenvalue weighted by Gasteiger charge is -2.18. The maximum absolute atomic E-state index is 5.40. The molecule has 1 nitrogen and oxygen atoms in total. The average molecular weight is 179 g/mol. The SMILES string of the molecule is C#CC(CCC)NC(C)CCC=C. The van der Waals surface area contributed by atoms with Crippen LogP contribution in [0.2, 0.25) is 0 Å². The molecule has 0 radical (unpaired) electrons. The van der Waals surface area contributed by atoms with Gasteiger partial charge in [0.25, 0.3) is 0 Å². The molecule has 0 fully saturated rings. The van der Waals surface area contributed by atoms with Crippen LogP contribution in [0.25, 0.3) is 0 Å². The molecular formula is C12H21N. The molecule has 2 atom stereocenters. The van der Waals surface area contributed by atoms with E-state index in [9.17, 15) is 0 Å². The van der Waals surface area contributed by atoms with E-state index in [1.807, 2.05) is 6.08 Å². The third kappa shape index (κ3) is 6.42. The summed E-state index contributed by atoms with van der Waals surface area (Å²) in [5, 5.41) is 3.42. The highest BCUT2D eigenvalue weighted by molar-refractivity contribution is 4.99. The Morgan fingerprint density at radius 1 is 1.54 bits per heavy atom. The van der Waals surface area contributed by atoms with E-state index >= 15 is 0 Å². The van der Waals surface area contributed by atoms with Crippen LogP contribution in [-0.4, -0.2) is 12.1 Å². The van der Waals surface area contributed by atoms with Gasteiger partial charge in [-0.15, -0.1) is 13.0 Å². The van der Waals surface area contributed by atoms with Crippen LogP contribution in [0.15, 0.2) is 12.7 Å². The van der Waals surface area contributed by atoms with E-state index in [1.165, 1.54) is 0 Å². The van der Waals surface area contributed by atoms with E-state index in [2.05, 4.69) is 31.7 Å². The monoisotopic (exact) mass is 179 g/mol. The van der Waals surface area contributed by atoms with E-state index < -0.39 is 0 Å². The fourth-order valence-corrected chi connectivity index (χ4v) is 1.30. The second-order valence-electron chi connectivity index (χ2n) is 3.44. The first-order valence-electron chi connectivity index (χ1n) is 5.07. The van der Waals surface area contributed by atoms with E-state index in [4.69, 9.17) is 6.42 Å². The first-order valence-corrected chi connectivity index (χ1v) is 5.07. The minimum atomic E-state index is 0.241. The summed E-state index contributed by atoms with van der Waals surface area (Å²) >= 11 is 0. The quantitative estimate of drug-likeness (QED) is 0.468. The largest absolute Gasteiger partial charge is 0.301 e. The third-order valence-electron chi connectivity index (χ3n) is 2.07. The van der Waals surface area contributed by atoms with Crippen LogP contribution in [0, 0.1) is 12.3 Å². The maximum Gasteiger partial charge on any atom is 0.0688 e. The van der Waals surface area contributed by atoms with Crippen molar-refractivity contribution < 1.29 is 0 Å². The first kappa shape index (κ1) is 12.3. The van der Waals surface area contributed by atoms with Crippen LogP contribution < -0.4 is 5.32 Å². The Balaban J connectivity index is 3.67. The van der Waals surface area contributed by atoms with Gasteiger partial charge < -0.3 is 5.32 Å². The molecule has 1 heteroatoms. The molecule has 0 aliphatic carbocycles. The molecule has 0 saturated heterocycles. The maximum atomic E-state index is 5.40. The van der Waals surface area contributed by atoms with Gasteiger partial charge in [0, 0.05) is 6.04 Å². The minimum absolute atomic E-state index is 0.241.